The van der Waals surface area contributed by atoms with Crippen LogP contribution in [0.15, 0.2) is 6.07 Å². The lowest BCUT2D eigenvalue weighted by molar-refractivity contribution is -0.137. The monoisotopic (exact) mass is 291 g/mol. The van der Waals surface area contributed by atoms with Gasteiger partial charge in [0.1, 0.15) is 0 Å². The molecule has 1 aromatic heterocycles. The summed E-state index contributed by atoms with van der Waals surface area (Å²) in [5, 5.41) is 0.558. The standard InChI is InChI=1S/C13H16F3NOS/c1-2-5-17(7-9-3-4-9)12-6-10(13(14,15)16)11(8-18)19-12/h6,8-9H,2-5,7H2,1H3. The predicted molar refractivity (Wildman–Crippen MR) is 69.9 cm³/mol. The van der Waals surface area contributed by atoms with Crippen LogP contribution < -0.4 is 4.90 Å². The molecule has 0 unspecified atom stereocenters. The van der Waals surface area contributed by atoms with Gasteiger partial charge in [0, 0.05) is 13.1 Å². The van der Waals surface area contributed by atoms with Gasteiger partial charge >= 0.3 is 6.18 Å². The lowest BCUT2D eigenvalue weighted by atomic mass is 10.2. The van der Waals surface area contributed by atoms with E-state index in [0.29, 0.717) is 17.2 Å². The van der Waals surface area contributed by atoms with Crippen molar-refractivity contribution in [1.82, 2.24) is 0 Å². The Morgan fingerprint density at radius 2 is 2.16 bits per heavy atom. The van der Waals surface area contributed by atoms with Crippen LogP contribution in [0.25, 0.3) is 0 Å². The number of anilines is 1. The van der Waals surface area contributed by atoms with E-state index in [2.05, 4.69) is 0 Å². The molecule has 0 bridgehead atoms. The summed E-state index contributed by atoms with van der Waals surface area (Å²) in [5.41, 5.74) is -0.806. The van der Waals surface area contributed by atoms with Gasteiger partial charge in [0.25, 0.3) is 0 Å². The van der Waals surface area contributed by atoms with Gasteiger partial charge in [-0.15, -0.1) is 11.3 Å². The summed E-state index contributed by atoms with van der Waals surface area (Å²) in [6, 6.07) is 1.12. The van der Waals surface area contributed by atoms with Gasteiger partial charge < -0.3 is 4.90 Å². The molecule has 6 heteroatoms. The minimum absolute atomic E-state index is 0.223. The van der Waals surface area contributed by atoms with Gasteiger partial charge in [-0.2, -0.15) is 13.2 Å². The van der Waals surface area contributed by atoms with Crippen molar-refractivity contribution < 1.29 is 18.0 Å². The number of hydrogen-bond acceptors (Lipinski definition) is 3. The van der Waals surface area contributed by atoms with E-state index in [1.54, 1.807) is 0 Å². The molecule has 2 nitrogen and oxygen atoms in total. The zero-order valence-corrected chi connectivity index (χ0v) is 11.5. The third-order valence-corrected chi connectivity index (χ3v) is 4.26. The van der Waals surface area contributed by atoms with E-state index >= 15 is 0 Å². The fraction of sp³-hybridized carbons (Fsp3) is 0.615. The predicted octanol–water partition coefficient (Wildman–Crippen LogP) is 4.21. The highest BCUT2D eigenvalue weighted by Crippen LogP contribution is 2.41. The van der Waals surface area contributed by atoms with E-state index in [-0.39, 0.29) is 4.88 Å². The Morgan fingerprint density at radius 1 is 1.47 bits per heavy atom. The van der Waals surface area contributed by atoms with Crippen LogP contribution >= 0.6 is 11.3 Å². The maximum atomic E-state index is 12.8. The fourth-order valence-electron chi connectivity index (χ4n) is 2.03. The quantitative estimate of drug-likeness (QED) is 0.732. The molecule has 1 fully saturated rings. The second-order valence-electron chi connectivity index (χ2n) is 4.87. The Balaban J connectivity index is 2.26. The highest BCUT2D eigenvalue weighted by Gasteiger charge is 2.36. The molecule has 0 saturated heterocycles. The lowest BCUT2D eigenvalue weighted by Crippen LogP contribution is -2.25. The van der Waals surface area contributed by atoms with Crippen LogP contribution in [0.1, 0.15) is 41.4 Å². The number of halogens is 3. The van der Waals surface area contributed by atoms with Crippen LogP contribution in [0.2, 0.25) is 0 Å². The van der Waals surface area contributed by atoms with Gasteiger partial charge in [-0.1, -0.05) is 6.92 Å². The molecule has 0 amide bonds. The molecule has 1 aliphatic carbocycles. The van der Waals surface area contributed by atoms with Gasteiger partial charge in [0.15, 0.2) is 6.29 Å². The molecule has 0 aliphatic heterocycles. The third-order valence-electron chi connectivity index (χ3n) is 3.14. The summed E-state index contributed by atoms with van der Waals surface area (Å²) >= 11 is 0.942. The summed E-state index contributed by atoms with van der Waals surface area (Å²) < 4.78 is 38.4. The minimum Gasteiger partial charge on any atom is -0.363 e. The molecule has 0 aromatic carbocycles. The van der Waals surface area contributed by atoms with Crippen molar-refractivity contribution in [1.29, 1.82) is 0 Å². The van der Waals surface area contributed by atoms with Crippen molar-refractivity contribution in [3.63, 3.8) is 0 Å². The van der Waals surface area contributed by atoms with E-state index in [1.807, 2.05) is 11.8 Å². The van der Waals surface area contributed by atoms with Crippen LogP contribution in [0.5, 0.6) is 0 Å². The molecule has 2 rings (SSSR count). The number of rotatable bonds is 6. The molecule has 0 atom stereocenters. The third kappa shape index (κ3) is 3.49. The van der Waals surface area contributed by atoms with Gasteiger partial charge in [-0.25, -0.2) is 0 Å². The normalized spacial score (nSPS) is 15.6. The van der Waals surface area contributed by atoms with Crippen molar-refractivity contribution in [3.8, 4) is 0 Å². The smallest absolute Gasteiger partial charge is 0.363 e. The molecule has 106 valence electrons. The highest BCUT2D eigenvalue weighted by atomic mass is 32.1. The number of carbonyl (C=O) groups is 1. The maximum Gasteiger partial charge on any atom is 0.417 e. The topological polar surface area (TPSA) is 20.3 Å². The summed E-state index contributed by atoms with van der Waals surface area (Å²) in [5.74, 6) is 0.600. The number of alkyl halides is 3. The van der Waals surface area contributed by atoms with Crippen molar-refractivity contribution in [2.45, 2.75) is 32.4 Å². The van der Waals surface area contributed by atoms with Gasteiger partial charge in [-0.3, -0.25) is 4.79 Å². The number of aldehydes is 1. The summed E-state index contributed by atoms with van der Waals surface area (Å²) in [6.07, 6.45) is -0.973. The summed E-state index contributed by atoms with van der Waals surface area (Å²) in [7, 11) is 0. The number of thiophene rings is 1. The van der Waals surface area contributed by atoms with Crippen LogP contribution in [0.4, 0.5) is 18.2 Å². The van der Waals surface area contributed by atoms with Crippen molar-refractivity contribution in [2.24, 2.45) is 5.92 Å². The molecule has 0 N–H and O–H groups in total. The van der Waals surface area contributed by atoms with Gasteiger partial charge in [0.05, 0.1) is 15.4 Å². The van der Waals surface area contributed by atoms with E-state index < -0.39 is 11.7 Å². The largest absolute Gasteiger partial charge is 0.417 e. The lowest BCUT2D eigenvalue weighted by Gasteiger charge is -2.22. The molecule has 19 heavy (non-hydrogen) atoms. The Morgan fingerprint density at radius 3 is 2.58 bits per heavy atom. The van der Waals surface area contributed by atoms with Crippen LogP contribution in [-0.2, 0) is 6.18 Å². The second-order valence-corrected chi connectivity index (χ2v) is 5.93. The van der Waals surface area contributed by atoms with Gasteiger partial charge in [-0.05, 0) is 31.2 Å². The molecule has 1 heterocycles. The zero-order valence-electron chi connectivity index (χ0n) is 10.7. The molecular weight excluding hydrogens is 275 g/mol. The summed E-state index contributed by atoms with van der Waals surface area (Å²) in [4.78, 5) is 12.5. The molecule has 1 aliphatic rings. The zero-order chi connectivity index (χ0) is 14.0. The molecule has 1 aromatic rings. The first kappa shape index (κ1) is 14.4. The molecule has 0 spiro atoms. The van der Waals surface area contributed by atoms with Gasteiger partial charge in [0.2, 0.25) is 0 Å². The van der Waals surface area contributed by atoms with E-state index in [1.165, 1.54) is 0 Å². The van der Waals surface area contributed by atoms with Crippen LogP contribution in [0.3, 0.4) is 0 Å². The second kappa shape index (κ2) is 5.53. The first-order valence-electron chi connectivity index (χ1n) is 6.36. The highest BCUT2D eigenvalue weighted by molar-refractivity contribution is 7.17. The number of nitrogens with zero attached hydrogens (tertiary/aromatic N) is 1. The number of hydrogen-bond donors (Lipinski definition) is 0. The minimum atomic E-state index is -4.46. The Hall–Kier alpha value is -1.04. The van der Waals surface area contributed by atoms with E-state index in [0.717, 1.165) is 49.8 Å². The average Bonchev–Trinajstić information content (AvgIpc) is 3.03. The first-order valence-corrected chi connectivity index (χ1v) is 7.18. The number of carbonyl (C=O) groups excluding carboxylic acids is 1. The van der Waals surface area contributed by atoms with Crippen molar-refractivity contribution in [2.75, 3.05) is 18.0 Å². The molecule has 0 radical (unpaired) electrons. The first-order chi connectivity index (χ1) is 8.95. The fourth-order valence-corrected chi connectivity index (χ4v) is 3.06. The summed E-state index contributed by atoms with van der Waals surface area (Å²) in [6.45, 7) is 3.52. The SMILES string of the molecule is CCCN(CC1CC1)c1cc(C(F)(F)F)c(C=O)s1. The van der Waals surface area contributed by atoms with Crippen LogP contribution in [-0.4, -0.2) is 19.4 Å². The van der Waals surface area contributed by atoms with E-state index in [4.69, 9.17) is 0 Å². The maximum absolute atomic E-state index is 12.8. The van der Waals surface area contributed by atoms with Crippen molar-refractivity contribution >= 4 is 22.6 Å². The molecule has 1 saturated carbocycles. The Labute approximate surface area is 114 Å². The Bertz CT molecular complexity index is 451. The van der Waals surface area contributed by atoms with E-state index in [9.17, 15) is 18.0 Å². The van der Waals surface area contributed by atoms with Crippen molar-refractivity contribution in [3.05, 3.63) is 16.5 Å². The molecular formula is C13H16F3NOS. The average molecular weight is 291 g/mol. The van der Waals surface area contributed by atoms with Crippen LogP contribution in [0, 0.1) is 5.92 Å². The Kier molecular flexibility index (Phi) is 4.18.